The smallest absolute Gasteiger partial charge is 0.0150 e. The molecule has 1 heteroatoms. The molecule has 0 radical (unpaired) electrons. The lowest BCUT2D eigenvalue weighted by molar-refractivity contribution is 0.619. The molecule has 1 rings (SSSR count). The summed E-state index contributed by atoms with van der Waals surface area (Å²) in [6, 6.07) is 0. The van der Waals surface area contributed by atoms with E-state index in [2.05, 4.69) is 18.8 Å². The Bertz CT molecular complexity index is 96.6. The molecule has 0 aromatic heterocycles. The summed E-state index contributed by atoms with van der Waals surface area (Å²) < 4.78 is 0. The van der Waals surface area contributed by atoms with Gasteiger partial charge in [-0.3, -0.25) is 0 Å². The zero-order chi connectivity index (χ0) is 5.98. The topological polar surface area (TPSA) is 12.0 Å². The number of rotatable bonds is 1. The van der Waals surface area contributed by atoms with Gasteiger partial charge in [-0.15, -0.1) is 0 Å². The third kappa shape index (κ3) is 0.857. The molecular formula is C7H13N. The number of nitrogens with one attached hydrogen (secondary N) is 1. The Balaban J connectivity index is 2.42. The monoisotopic (exact) mass is 111 g/mol. The van der Waals surface area contributed by atoms with Crippen LogP contribution in [0.15, 0.2) is 12.3 Å². The second kappa shape index (κ2) is 2.21. The molecule has 1 fully saturated rings. The zero-order valence-electron chi connectivity index (χ0n) is 5.41. The Morgan fingerprint density at radius 2 is 2.62 bits per heavy atom. The first-order valence-electron chi connectivity index (χ1n) is 3.27. The molecule has 1 aliphatic heterocycles. The Hall–Kier alpha value is -0.460. The molecule has 0 aromatic rings. The minimum absolute atomic E-state index is 0.759. The van der Waals surface area contributed by atoms with Crippen LogP contribution in [0.4, 0.5) is 0 Å². The van der Waals surface area contributed by atoms with Crippen LogP contribution in [-0.4, -0.2) is 6.54 Å². The van der Waals surface area contributed by atoms with Gasteiger partial charge in [-0.05, 0) is 18.8 Å². The average Bonchev–Trinajstić information content (AvgIpc) is 2.14. The van der Waals surface area contributed by atoms with Gasteiger partial charge in [0.1, 0.15) is 0 Å². The van der Waals surface area contributed by atoms with E-state index in [-0.39, 0.29) is 0 Å². The SMILES string of the molecule is C=C1NCC[C@H]1CC. The predicted molar refractivity (Wildman–Crippen MR) is 35.5 cm³/mol. The van der Waals surface area contributed by atoms with E-state index < -0.39 is 0 Å². The minimum atomic E-state index is 0.759. The molecule has 1 atom stereocenters. The minimum Gasteiger partial charge on any atom is -0.389 e. The maximum absolute atomic E-state index is 3.90. The highest BCUT2D eigenvalue weighted by molar-refractivity contribution is 5.02. The zero-order valence-corrected chi connectivity index (χ0v) is 5.41. The Morgan fingerprint density at radius 1 is 1.88 bits per heavy atom. The van der Waals surface area contributed by atoms with Crippen molar-refractivity contribution in [3.05, 3.63) is 12.3 Å². The number of hydrogen-bond acceptors (Lipinski definition) is 1. The third-order valence-corrected chi connectivity index (χ3v) is 1.83. The van der Waals surface area contributed by atoms with Gasteiger partial charge in [0.05, 0.1) is 0 Å². The molecule has 1 saturated heterocycles. The molecule has 0 saturated carbocycles. The van der Waals surface area contributed by atoms with Gasteiger partial charge in [-0.2, -0.15) is 0 Å². The fourth-order valence-corrected chi connectivity index (χ4v) is 1.18. The Labute approximate surface area is 50.8 Å². The largest absolute Gasteiger partial charge is 0.389 e. The third-order valence-electron chi connectivity index (χ3n) is 1.83. The van der Waals surface area contributed by atoms with E-state index >= 15 is 0 Å². The quantitative estimate of drug-likeness (QED) is 0.541. The highest BCUT2D eigenvalue weighted by Crippen LogP contribution is 2.19. The molecule has 0 amide bonds. The van der Waals surface area contributed by atoms with Crippen molar-refractivity contribution in [1.82, 2.24) is 5.32 Å². The summed E-state index contributed by atoms with van der Waals surface area (Å²) in [4.78, 5) is 0. The van der Waals surface area contributed by atoms with Crippen LogP contribution >= 0.6 is 0 Å². The van der Waals surface area contributed by atoms with E-state index in [1.807, 2.05) is 0 Å². The standard InChI is InChI=1S/C7H13N/c1-3-7-4-5-8-6(7)2/h7-8H,2-5H2,1H3/t7-/m1/s1. The van der Waals surface area contributed by atoms with Crippen molar-refractivity contribution in [2.45, 2.75) is 19.8 Å². The van der Waals surface area contributed by atoms with Crippen LogP contribution in [0.25, 0.3) is 0 Å². The lowest BCUT2D eigenvalue weighted by atomic mass is 10.0. The normalized spacial score (nSPS) is 28.1. The van der Waals surface area contributed by atoms with Crippen LogP contribution < -0.4 is 5.32 Å². The summed E-state index contributed by atoms with van der Waals surface area (Å²) in [6.45, 7) is 7.24. The predicted octanol–water partition coefficient (Wildman–Crippen LogP) is 1.52. The first kappa shape index (κ1) is 5.67. The summed E-state index contributed by atoms with van der Waals surface area (Å²) >= 11 is 0. The van der Waals surface area contributed by atoms with Crippen molar-refractivity contribution in [3.63, 3.8) is 0 Å². The van der Waals surface area contributed by atoms with Crippen LogP contribution in [0.1, 0.15) is 19.8 Å². The fraction of sp³-hybridized carbons (Fsp3) is 0.714. The van der Waals surface area contributed by atoms with Gasteiger partial charge in [0, 0.05) is 12.2 Å². The van der Waals surface area contributed by atoms with Crippen LogP contribution in [-0.2, 0) is 0 Å². The van der Waals surface area contributed by atoms with Crippen molar-refractivity contribution in [3.8, 4) is 0 Å². The molecule has 0 unspecified atom stereocenters. The van der Waals surface area contributed by atoms with Crippen molar-refractivity contribution in [2.24, 2.45) is 5.92 Å². The summed E-state index contributed by atoms with van der Waals surface area (Å²) in [6.07, 6.45) is 2.53. The van der Waals surface area contributed by atoms with Crippen molar-refractivity contribution in [1.29, 1.82) is 0 Å². The molecule has 8 heavy (non-hydrogen) atoms. The van der Waals surface area contributed by atoms with E-state index in [1.165, 1.54) is 18.5 Å². The fourth-order valence-electron chi connectivity index (χ4n) is 1.18. The summed E-state index contributed by atoms with van der Waals surface area (Å²) in [7, 11) is 0. The van der Waals surface area contributed by atoms with Gasteiger partial charge >= 0.3 is 0 Å². The first-order valence-corrected chi connectivity index (χ1v) is 3.27. The highest BCUT2D eigenvalue weighted by Gasteiger charge is 2.15. The molecule has 0 aliphatic carbocycles. The molecule has 0 aromatic carbocycles. The molecule has 46 valence electrons. The van der Waals surface area contributed by atoms with Crippen molar-refractivity contribution in [2.75, 3.05) is 6.54 Å². The second-order valence-corrected chi connectivity index (χ2v) is 2.35. The van der Waals surface area contributed by atoms with Crippen molar-refractivity contribution >= 4 is 0 Å². The molecular weight excluding hydrogens is 98.1 g/mol. The molecule has 1 heterocycles. The van der Waals surface area contributed by atoms with E-state index in [1.54, 1.807) is 0 Å². The van der Waals surface area contributed by atoms with Crippen LogP contribution in [0, 0.1) is 5.92 Å². The van der Waals surface area contributed by atoms with E-state index in [0.717, 1.165) is 12.5 Å². The van der Waals surface area contributed by atoms with E-state index in [0.29, 0.717) is 0 Å². The summed E-state index contributed by atoms with van der Waals surface area (Å²) in [5.41, 5.74) is 1.24. The van der Waals surface area contributed by atoms with Gasteiger partial charge in [-0.1, -0.05) is 13.5 Å². The molecule has 1 N–H and O–H groups in total. The van der Waals surface area contributed by atoms with E-state index in [4.69, 9.17) is 0 Å². The lowest BCUT2D eigenvalue weighted by Crippen LogP contribution is -2.04. The van der Waals surface area contributed by atoms with Crippen LogP contribution in [0.2, 0.25) is 0 Å². The van der Waals surface area contributed by atoms with Gasteiger partial charge < -0.3 is 5.32 Å². The second-order valence-electron chi connectivity index (χ2n) is 2.35. The Morgan fingerprint density at radius 3 is 2.88 bits per heavy atom. The Kier molecular flexibility index (Phi) is 1.56. The lowest BCUT2D eigenvalue weighted by Gasteiger charge is -2.03. The average molecular weight is 111 g/mol. The maximum atomic E-state index is 3.90. The summed E-state index contributed by atoms with van der Waals surface area (Å²) in [5.74, 6) is 0.759. The molecule has 0 spiro atoms. The van der Waals surface area contributed by atoms with Gasteiger partial charge in [0.2, 0.25) is 0 Å². The van der Waals surface area contributed by atoms with Crippen LogP contribution in [0.3, 0.4) is 0 Å². The van der Waals surface area contributed by atoms with Crippen LogP contribution in [0.5, 0.6) is 0 Å². The molecule has 1 aliphatic rings. The van der Waals surface area contributed by atoms with Gasteiger partial charge in [0.25, 0.3) is 0 Å². The number of allylic oxidation sites excluding steroid dienone is 1. The van der Waals surface area contributed by atoms with E-state index in [9.17, 15) is 0 Å². The van der Waals surface area contributed by atoms with Gasteiger partial charge in [-0.25, -0.2) is 0 Å². The number of hydrogen-bond donors (Lipinski definition) is 1. The highest BCUT2D eigenvalue weighted by atomic mass is 14.9. The maximum Gasteiger partial charge on any atom is 0.0150 e. The molecule has 0 bridgehead atoms. The summed E-state index contributed by atoms with van der Waals surface area (Å²) in [5, 5.41) is 3.23. The first-order chi connectivity index (χ1) is 3.84. The van der Waals surface area contributed by atoms with Gasteiger partial charge in [0.15, 0.2) is 0 Å². The molecule has 1 nitrogen and oxygen atoms in total. The van der Waals surface area contributed by atoms with Crippen molar-refractivity contribution < 1.29 is 0 Å².